The maximum atomic E-state index is 11.0. The molecule has 10 heteroatoms. The summed E-state index contributed by atoms with van der Waals surface area (Å²) in [6, 6.07) is 9.56. The van der Waals surface area contributed by atoms with Crippen LogP contribution in [0.4, 0.5) is 0 Å². The number of nitrogens with zero attached hydrogens (tertiary/aromatic N) is 3. The van der Waals surface area contributed by atoms with Crippen molar-refractivity contribution in [1.82, 2.24) is 10.2 Å². The van der Waals surface area contributed by atoms with Crippen LogP contribution in [0.25, 0.3) is 0 Å². The molecule has 0 saturated carbocycles. The zero-order chi connectivity index (χ0) is 22.8. The monoisotopic (exact) mass is 528 g/mol. The van der Waals surface area contributed by atoms with E-state index in [1.165, 1.54) is 15.3 Å². The van der Waals surface area contributed by atoms with Crippen molar-refractivity contribution in [1.29, 1.82) is 0 Å². The number of aliphatic hydroxyl groups is 1. The van der Waals surface area contributed by atoms with Gasteiger partial charge in [0.05, 0.1) is 12.6 Å². The van der Waals surface area contributed by atoms with E-state index < -0.39 is 11.0 Å². The molecule has 0 spiro atoms. The lowest BCUT2D eigenvalue weighted by atomic mass is 10.1. The van der Waals surface area contributed by atoms with Crippen molar-refractivity contribution in [2.45, 2.75) is 25.3 Å². The molecule has 0 bridgehead atoms. The van der Waals surface area contributed by atoms with Crippen molar-refractivity contribution in [2.75, 3.05) is 39.5 Å². The topological polar surface area (TPSA) is 91.0 Å². The second-order valence-corrected chi connectivity index (χ2v) is 10.6. The fourth-order valence-electron chi connectivity index (χ4n) is 2.85. The SMILES string of the molecule is Cc1cc(CSCCNC(C[N+](=O)[O-])=NCC(O)c2cccc(Br)c2)sc1CN(C)C. The van der Waals surface area contributed by atoms with Gasteiger partial charge in [0.1, 0.15) is 0 Å². The number of hydrogen-bond acceptors (Lipinski definition) is 7. The first kappa shape index (κ1) is 25.8. The van der Waals surface area contributed by atoms with Crippen LogP contribution in [0.5, 0.6) is 0 Å². The molecule has 1 aromatic carbocycles. The second kappa shape index (κ2) is 13.2. The van der Waals surface area contributed by atoms with Gasteiger partial charge in [-0.1, -0.05) is 28.1 Å². The highest BCUT2D eigenvalue weighted by molar-refractivity contribution is 9.10. The summed E-state index contributed by atoms with van der Waals surface area (Å²) in [5, 5.41) is 24.3. The predicted molar refractivity (Wildman–Crippen MR) is 134 cm³/mol. The first-order valence-corrected chi connectivity index (χ1v) is 12.6. The Balaban J connectivity index is 1.81. The van der Waals surface area contributed by atoms with Crippen LogP contribution in [-0.2, 0) is 12.3 Å². The Morgan fingerprint density at radius 1 is 1.42 bits per heavy atom. The van der Waals surface area contributed by atoms with Crippen molar-refractivity contribution >= 4 is 44.9 Å². The van der Waals surface area contributed by atoms with Gasteiger partial charge in [-0.25, -0.2) is 0 Å². The molecule has 170 valence electrons. The first-order valence-electron chi connectivity index (χ1n) is 9.87. The summed E-state index contributed by atoms with van der Waals surface area (Å²) in [4.78, 5) is 19.7. The maximum absolute atomic E-state index is 11.0. The van der Waals surface area contributed by atoms with E-state index >= 15 is 0 Å². The number of thiophene rings is 1. The predicted octanol–water partition coefficient (Wildman–Crippen LogP) is 4.11. The molecule has 0 aliphatic carbocycles. The smallest absolute Gasteiger partial charge is 0.259 e. The molecule has 0 fully saturated rings. The molecule has 7 nitrogen and oxygen atoms in total. The van der Waals surface area contributed by atoms with Gasteiger partial charge in [0.25, 0.3) is 6.54 Å². The summed E-state index contributed by atoms with van der Waals surface area (Å²) in [7, 11) is 4.14. The molecule has 1 aromatic heterocycles. The minimum atomic E-state index is -0.811. The minimum absolute atomic E-state index is 0.0723. The fraction of sp³-hybridized carbons (Fsp3) is 0.476. The lowest BCUT2D eigenvalue weighted by molar-refractivity contribution is -0.463. The molecule has 0 radical (unpaired) electrons. The zero-order valence-electron chi connectivity index (χ0n) is 18.0. The highest BCUT2D eigenvalue weighted by Crippen LogP contribution is 2.26. The standard InChI is InChI=1S/C21H29BrN4O3S2/c1-15-9-18(31-20(15)12-25(2)3)14-30-8-7-23-21(13-26(28)29)24-11-19(27)16-5-4-6-17(22)10-16/h4-6,9-10,19,27H,7-8,11-14H2,1-3H3,(H,23,24). The van der Waals surface area contributed by atoms with Gasteiger partial charge in [0.15, 0.2) is 5.84 Å². The number of aliphatic imine (C=N–C) groups is 1. The number of halogens is 1. The summed E-state index contributed by atoms with van der Waals surface area (Å²) in [5.74, 6) is 2.02. The van der Waals surface area contributed by atoms with Gasteiger partial charge in [-0.15, -0.1) is 11.3 Å². The van der Waals surface area contributed by atoms with E-state index in [0.717, 1.165) is 22.5 Å². The highest BCUT2D eigenvalue weighted by Gasteiger charge is 2.11. The highest BCUT2D eigenvalue weighted by atomic mass is 79.9. The number of aryl methyl sites for hydroxylation is 1. The summed E-state index contributed by atoms with van der Waals surface area (Å²) in [6.45, 7) is 3.37. The van der Waals surface area contributed by atoms with Crippen LogP contribution in [0, 0.1) is 17.0 Å². The van der Waals surface area contributed by atoms with Crippen molar-refractivity contribution < 1.29 is 10.0 Å². The summed E-state index contributed by atoms with van der Waals surface area (Å²) < 4.78 is 0.864. The number of benzene rings is 1. The van der Waals surface area contributed by atoms with Crippen LogP contribution in [0.1, 0.15) is 27.0 Å². The molecule has 1 unspecified atom stereocenters. The van der Waals surface area contributed by atoms with Gasteiger partial charge in [-0.3, -0.25) is 15.1 Å². The molecular formula is C21H29BrN4O3S2. The van der Waals surface area contributed by atoms with E-state index in [9.17, 15) is 15.2 Å². The molecule has 0 amide bonds. The van der Waals surface area contributed by atoms with E-state index in [1.807, 2.05) is 29.5 Å². The fourth-order valence-corrected chi connectivity index (χ4v) is 5.52. The molecule has 2 aromatic rings. The maximum Gasteiger partial charge on any atom is 0.259 e. The van der Waals surface area contributed by atoms with Crippen LogP contribution in [0.15, 0.2) is 39.8 Å². The van der Waals surface area contributed by atoms with Crippen LogP contribution >= 0.6 is 39.0 Å². The minimum Gasteiger partial charge on any atom is -0.386 e. The zero-order valence-corrected chi connectivity index (χ0v) is 21.2. The number of aliphatic hydroxyl groups excluding tert-OH is 1. The first-order chi connectivity index (χ1) is 14.7. The number of nitro groups is 1. The Morgan fingerprint density at radius 2 is 2.19 bits per heavy atom. The van der Waals surface area contributed by atoms with Crippen molar-refractivity contribution in [3.8, 4) is 0 Å². The quantitative estimate of drug-likeness (QED) is 0.141. The number of nitrogens with one attached hydrogen (secondary N) is 1. The van der Waals surface area contributed by atoms with Gasteiger partial charge in [-0.05, 0) is 50.3 Å². The molecule has 2 rings (SSSR count). The Labute approximate surface area is 200 Å². The van der Waals surface area contributed by atoms with Crippen LogP contribution in [0.3, 0.4) is 0 Å². The van der Waals surface area contributed by atoms with Gasteiger partial charge >= 0.3 is 0 Å². The third-order valence-electron chi connectivity index (χ3n) is 4.32. The van der Waals surface area contributed by atoms with E-state index in [1.54, 1.807) is 17.8 Å². The number of amidine groups is 1. The average Bonchev–Trinajstić information content (AvgIpc) is 3.03. The summed E-state index contributed by atoms with van der Waals surface area (Å²) in [6.07, 6.45) is -0.811. The average molecular weight is 530 g/mol. The lowest BCUT2D eigenvalue weighted by Gasteiger charge is -2.11. The molecule has 0 saturated heterocycles. The summed E-state index contributed by atoms with van der Waals surface area (Å²) in [5.41, 5.74) is 2.05. The van der Waals surface area contributed by atoms with Crippen LogP contribution < -0.4 is 5.32 Å². The Bertz CT molecular complexity index is 889. The third kappa shape index (κ3) is 9.69. The van der Waals surface area contributed by atoms with Crippen molar-refractivity contribution in [3.63, 3.8) is 0 Å². The van der Waals surface area contributed by atoms with E-state index in [4.69, 9.17) is 0 Å². The van der Waals surface area contributed by atoms with Crippen LogP contribution in [-0.4, -0.2) is 60.2 Å². The molecule has 31 heavy (non-hydrogen) atoms. The molecule has 1 atom stereocenters. The number of rotatable bonds is 12. The number of hydrogen-bond donors (Lipinski definition) is 2. The summed E-state index contributed by atoms with van der Waals surface area (Å²) >= 11 is 7.00. The normalized spacial score (nSPS) is 12.9. The second-order valence-electron chi connectivity index (χ2n) is 7.39. The largest absolute Gasteiger partial charge is 0.386 e. The molecule has 0 aliphatic rings. The van der Waals surface area contributed by atoms with E-state index in [2.05, 4.69) is 58.2 Å². The van der Waals surface area contributed by atoms with E-state index in [0.29, 0.717) is 17.9 Å². The lowest BCUT2D eigenvalue weighted by Crippen LogP contribution is -2.32. The van der Waals surface area contributed by atoms with Crippen molar-refractivity contribution in [2.24, 2.45) is 4.99 Å². The Hall–Kier alpha value is -1.46. The Kier molecular flexibility index (Phi) is 11.0. The van der Waals surface area contributed by atoms with E-state index in [-0.39, 0.29) is 13.1 Å². The van der Waals surface area contributed by atoms with Crippen molar-refractivity contribution in [3.05, 3.63) is 65.8 Å². The molecule has 2 N–H and O–H groups in total. The van der Waals surface area contributed by atoms with Gasteiger partial charge in [0, 0.05) is 43.7 Å². The van der Waals surface area contributed by atoms with Gasteiger partial charge < -0.3 is 15.3 Å². The van der Waals surface area contributed by atoms with Gasteiger partial charge in [-0.2, -0.15) is 11.8 Å². The third-order valence-corrected chi connectivity index (χ3v) is 7.22. The molecular weight excluding hydrogens is 500 g/mol. The Morgan fingerprint density at radius 3 is 2.87 bits per heavy atom. The van der Waals surface area contributed by atoms with Gasteiger partial charge in [0.2, 0.25) is 0 Å². The molecule has 0 aliphatic heterocycles. The number of thioether (sulfide) groups is 1. The van der Waals surface area contributed by atoms with Crippen LogP contribution in [0.2, 0.25) is 0 Å². The molecule has 1 heterocycles.